The molecular formula is C12H24O4. The molecule has 0 fully saturated rings. The summed E-state index contributed by atoms with van der Waals surface area (Å²) in [5.74, 6) is 0.257. The van der Waals surface area contributed by atoms with Crippen molar-refractivity contribution in [2.45, 2.75) is 20.0 Å². The molecule has 0 aliphatic rings. The molecule has 0 heterocycles. The topological polar surface area (TPSA) is 47.9 Å². The molecule has 0 aromatic carbocycles. The quantitative estimate of drug-likeness (QED) is 0.352. The predicted molar refractivity (Wildman–Crippen MR) is 63.2 cm³/mol. The highest BCUT2D eigenvalue weighted by Gasteiger charge is 2.22. The number of aliphatic hydroxyl groups excluding tert-OH is 1. The van der Waals surface area contributed by atoms with Gasteiger partial charge in [-0.15, -0.1) is 6.58 Å². The van der Waals surface area contributed by atoms with Crippen LogP contribution in [-0.4, -0.2) is 44.9 Å². The minimum absolute atomic E-state index is 0.0460. The van der Waals surface area contributed by atoms with Crippen LogP contribution in [0, 0.1) is 11.8 Å². The van der Waals surface area contributed by atoms with E-state index in [-0.39, 0.29) is 25.4 Å². The number of hydrogen-bond acceptors (Lipinski definition) is 4. The average molecular weight is 232 g/mol. The molecule has 0 rings (SSSR count). The van der Waals surface area contributed by atoms with Crippen LogP contribution in [0.4, 0.5) is 0 Å². The lowest BCUT2D eigenvalue weighted by Crippen LogP contribution is -2.31. The summed E-state index contributed by atoms with van der Waals surface area (Å²) >= 11 is 0. The van der Waals surface area contributed by atoms with Crippen molar-refractivity contribution in [3.05, 3.63) is 12.7 Å². The molecule has 0 amide bonds. The zero-order chi connectivity index (χ0) is 12.4. The number of ether oxygens (including phenoxy) is 3. The molecule has 0 bridgehead atoms. The van der Waals surface area contributed by atoms with Crippen LogP contribution in [0.15, 0.2) is 12.7 Å². The summed E-state index contributed by atoms with van der Waals surface area (Å²) in [6.07, 6.45) is 1.66. The Balaban J connectivity index is 3.89. The first kappa shape index (κ1) is 15.6. The van der Waals surface area contributed by atoms with Crippen LogP contribution < -0.4 is 0 Å². The summed E-state index contributed by atoms with van der Waals surface area (Å²) in [6, 6.07) is 0. The Morgan fingerprint density at radius 2 is 2.00 bits per heavy atom. The van der Waals surface area contributed by atoms with Crippen LogP contribution >= 0.6 is 0 Å². The molecule has 0 aliphatic heterocycles. The summed E-state index contributed by atoms with van der Waals surface area (Å²) in [4.78, 5) is 0. The maximum absolute atomic E-state index is 9.17. The van der Waals surface area contributed by atoms with Crippen molar-refractivity contribution in [2.75, 3.05) is 33.7 Å². The number of rotatable bonds is 10. The number of hydrogen-bond donors (Lipinski definition) is 1. The van der Waals surface area contributed by atoms with Gasteiger partial charge in [0.25, 0.3) is 0 Å². The summed E-state index contributed by atoms with van der Waals surface area (Å²) in [5.41, 5.74) is 0. The van der Waals surface area contributed by atoms with E-state index in [1.165, 1.54) is 0 Å². The van der Waals surface area contributed by atoms with E-state index in [4.69, 9.17) is 14.2 Å². The molecule has 1 N–H and O–H groups in total. The molecule has 2 atom stereocenters. The highest BCUT2D eigenvalue weighted by molar-refractivity contribution is 4.86. The average Bonchev–Trinajstić information content (AvgIpc) is 2.27. The van der Waals surface area contributed by atoms with E-state index in [1.807, 2.05) is 13.8 Å². The summed E-state index contributed by atoms with van der Waals surface area (Å²) in [6.45, 7) is 9.12. The van der Waals surface area contributed by atoms with E-state index >= 15 is 0 Å². The van der Waals surface area contributed by atoms with Crippen molar-refractivity contribution in [3.63, 3.8) is 0 Å². The van der Waals surface area contributed by atoms with E-state index in [1.54, 1.807) is 13.2 Å². The van der Waals surface area contributed by atoms with Gasteiger partial charge in [0.05, 0.1) is 25.9 Å². The standard InChI is InChI=1S/C12H24O4/c1-5-11(8-13)12(10(2)3)16-9-15-7-6-14-4/h5,10-13H,1,6-9H2,2-4H3/t11-,12-/m1/s1. The Morgan fingerprint density at radius 3 is 2.44 bits per heavy atom. The number of methoxy groups -OCH3 is 1. The van der Waals surface area contributed by atoms with E-state index in [0.29, 0.717) is 19.1 Å². The van der Waals surface area contributed by atoms with Gasteiger partial charge in [-0.3, -0.25) is 0 Å². The van der Waals surface area contributed by atoms with Gasteiger partial charge < -0.3 is 19.3 Å². The van der Waals surface area contributed by atoms with Gasteiger partial charge >= 0.3 is 0 Å². The highest BCUT2D eigenvalue weighted by atomic mass is 16.7. The van der Waals surface area contributed by atoms with Gasteiger partial charge in [0.2, 0.25) is 0 Å². The van der Waals surface area contributed by atoms with Gasteiger partial charge in [-0.2, -0.15) is 0 Å². The van der Waals surface area contributed by atoms with Gasteiger partial charge in [-0.05, 0) is 5.92 Å². The fourth-order valence-electron chi connectivity index (χ4n) is 1.45. The van der Waals surface area contributed by atoms with Crippen molar-refractivity contribution >= 4 is 0 Å². The van der Waals surface area contributed by atoms with Crippen molar-refractivity contribution in [3.8, 4) is 0 Å². The Kier molecular flexibility index (Phi) is 9.52. The monoisotopic (exact) mass is 232 g/mol. The van der Waals surface area contributed by atoms with Crippen LogP contribution in [0.3, 0.4) is 0 Å². The zero-order valence-corrected chi connectivity index (χ0v) is 10.5. The van der Waals surface area contributed by atoms with Crippen LogP contribution in [0.2, 0.25) is 0 Å². The molecule has 0 radical (unpaired) electrons. The molecule has 96 valence electrons. The molecule has 4 nitrogen and oxygen atoms in total. The maximum Gasteiger partial charge on any atom is 0.147 e. The Labute approximate surface area is 98.2 Å². The molecule has 0 saturated heterocycles. The largest absolute Gasteiger partial charge is 0.396 e. The summed E-state index contributed by atoms with van der Waals surface area (Å²) < 4.78 is 15.7. The first-order valence-corrected chi connectivity index (χ1v) is 5.59. The second kappa shape index (κ2) is 9.78. The van der Waals surface area contributed by atoms with Crippen molar-refractivity contribution in [1.82, 2.24) is 0 Å². The second-order valence-corrected chi connectivity index (χ2v) is 3.98. The lowest BCUT2D eigenvalue weighted by atomic mass is 9.94. The second-order valence-electron chi connectivity index (χ2n) is 3.98. The fourth-order valence-corrected chi connectivity index (χ4v) is 1.45. The van der Waals surface area contributed by atoms with Gasteiger partial charge in [-0.25, -0.2) is 0 Å². The SMILES string of the molecule is C=C[C@H](CO)[C@H](OCOCCOC)C(C)C. The fraction of sp³-hybridized carbons (Fsp3) is 0.833. The van der Waals surface area contributed by atoms with E-state index in [0.717, 1.165) is 0 Å². The molecule has 0 aliphatic carbocycles. The van der Waals surface area contributed by atoms with E-state index in [9.17, 15) is 5.11 Å². The molecular weight excluding hydrogens is 208 g/mol. The summed E-state index contributed by atoms with van der Waals surface area (Å²) in [5, 5.41) is 9.17. The molecule has 16 heavy (non-hydrogen) atoms. The Morgan fingerprint density at radius 1 is 1.31 bits per heavy atom. The zero-order valence-electron chi connectivity index (χ0n) is 10.5. The normalized spacial score (nSPS) is 15.1. The number of aliphatic hydroxyl groups is 1. The van der Waals surface area contributed by atoms with Gasteiger partial charge in [0.15, 0.2) is 0 Å². The minimum atomic E-state index is -0.0648. The molecule has 4 heteroatoms. The smallest absolute Gasteiger partial charge is 0.147 e. The predicted octanol–water partition coefficient (Wildman–Crippen LogP) is 1.44. The Hall–Kier alpha value is -0.420. The third-order valence-electron chi connectivity index (χ3n) is 2.37. The van der Waals surface area contributed by atoms with Gasteiger partial charge in [0.1, 0.15) is 6.79 Å². The van der Waals surface area contributed by atoms with Crippen LogP contribution in [-0.2, 0) is 14.2 Å². The molecule has 0 saturated carbocycles. The van der Waals surface area contributed by atoms with Crippen LogP contribution in [0.25, 0.3) is 0 Å². The first-order chi connectivity index (χ1) is 7.67. The third kappa shape index (κ3) is 6.23. The lowest BCUT2D eigenvalue weighted by Gasteiger charge is -2.26. The highest BCUT2D eigenvalue weighted by Crippen LogP contribution is 2.17. The van der Waals surface area contributed by atoms with E-state index in [2.05, 4.69) is 6.58 Å². The maximum atomic E-state index is 9.17. The van der Waals surface area contributed by atoms with Crippen molar-refractivity contribution in [1.29, 1.82) is 0 Å². The van der Waals surface area contributed by atoms with Crippen LogP contribution in [0.1, 0.15) is 13.8 Å². The molecule has 0 spiro atoms. The summed E-state index contributed by atoms with van der Waals surface area (Å²) in [7, 11) is 1.63. The Bertz CT molecular complexity index is 170. The third-order valence-corrected chi connectivity index (χ3v) is 2.37. The van der Waals surface area contributed by atoms with E-state index < -0.39 is 0 Å². The van der Waals surface area contributed by atoms with Gasteiger partial charge in [-0.1, -0.05) is 19.9 Å². The van der Waals surface area contributed by atoms with Gasteiger partial charge in [0, 0.05) is 13.0 Å². The molecule has 0 unspecified atom stereocenters. The molecule has 0 aromatic rings. The van der Waals surface area contributed by atoms with Crippen molar-refractivity contribution < 1.29 is 19.3 Å². The first-order valence-electron chi connectivity index (χ1n) is 5.59. The minimum Gasteiger partial charge on any atom is -0.396 e. The van der Waals surface area contributed by atoms with Crippen LogP contribution in [0.5, 0.6) is 0 Å². The van der Waals surface area contributed by atoms with Crippen molar-refractivity contribution in [2.24, 2.45) is 11.8 Å². The molecule has 0 aromatic heterocycles. The lowest BCUT2D eigenvalue weighted by molar-refractivity contribution is -0.125.